The standard InChI is InChI=1S/C8H5N3O3/c9-4-10-11(12)6-1-2-7-8(3-6)14-5-13-7/h1-3H,5H2. The molecule has 6 nitrogen and oxygen atoms in total. The highest BCUT2D eigenvalue weighted by Gasteiger charge is 2.16. The van der Waals surface area contributed by atoms with Crippen LogP contribution in [0.15, 0.2) is 23.3 Å². The van der Waals surface area contributed by atoms with Crippen LogP contribution in [-0.4, -0.2) is 11.7 Å². The zero-order chi connectivity index (χ0) is 9.97. The number of benzene rings is 1. The van der Waals surface area contributed by atoms with Gasteiger partial charge < -0.3 is 14.7 Å². The predicted molar refractivity (Wildman–Crippen MR) is 43.9 cm³/mol. The third-order valence-corrected chi connectivity index (χ3v) is 1.71. The van der Waals surface area contributed by atoms with Crippen molar-refractivity contribution in [2.45, 2.75) is 0 Å². The van der Waals surface area contributed by atoms with Gasteiger partial charge in [0, 0.05) is 6.07 Å². The highest BCUT2D eigenvalue weighted by molar-refractivity contribution is 5.49. The summed E-state index contributed by atoms with van der Waals surface area (Å²) in [5.41, 5.74) is 0.232. The Morgan fingerprint density at radius 1 is 1.43 bits per heavy atom. The number of rotatable bonds is 1. The molecule has 0 aliphatic carbocycles. The minimum atomic E-state index is 0.146. The van der Waals surface area contributed by atoms with Gasteiger partial charge in [-0.15, -0.1) is 0 Å². The molecule has 0 spiro atoms. The van der Waals surface area contributed by atoms with Crippen LogP contribution in [0, 0.1) is 16.7 Å². The quantitative estimate of drug-likeness (QED) is 0.291. The van der Waals surface area contributed by atoms with E-state index in [1.807, 2.05) is 0 Å². The van der Waals surface area contributed by atoms with E-state index in [0.29, 0.717) is 11.5 Å². The normalized spacial score (nSPS) is 13.8. The van der Waals surface area contributed by atoms with Crippen LogP contribution in [0.5, 0.6) is 11.5 Å². The van der Waals surface area contributed by atoms with Crippen LogP contribution in [0.25, 0.3) is 0 Å². The van der Waals surface area contributed by atoms with Gasteiger partial charge in [0.05, 0.1) is 11.2 Å². The highest BCUT2D eigenvalue weighted by Crippen LogP contribution is 2.34. The minimum Gasteiger partial charge on any atom is -0.593 e. The Morgan fingerprint density at radius 2 is 2.21 bits per heavy atom. The molecule has 1 aromatic carbocycles. The minimum absolute atomic E-state index is 0.146. The second-order valence-electron chi connectivity index (χ2n) is 2.51. The van der Waals surface area contributed by atoms with Gasteiger partial charge >= 0.3 is 0 Å². The van der Waals surface area contributed by atoms with Crippen molar-refractivity contribution in [1.29, 1.82) is 5.26 Å². The van der Waals surface area contributed by atoms with Crippen LogP contribution in [0.4, 0.5) is 5.69 Å². The summed E-state index contributed by atoms with van der Waals surface area (Å²) >= 11 is 0. The van der Waals surface area contributed by atoms with Gasteiger partial charge in [0.2, 0.25) is 12.5 Å². The molecular formula is C8H5N3O3. The molecule has 0 radical (unpaired) electrons. The van der Waals surface area contributed by atoms with Crippen molar-refractivity contribution >= 4 is 5.69 Å². The Morgan fingerprint density at radius 3 is 3.00 bits per heavy atom. The second-order valence-corrected chi connectivity index (χ2v) is 2.51. The monoisotopic (exact) mass is 191 g/mol. The van der Waals surface area contributed by atoms with Gasteiger partial charge in [-0.25, -0.2) is 0 Å². The largest absolute Gasteiger partial charge is 0.593 e. The average molecular weight is 191 g/mol. The molecule has 0 unspecified atom stereocenters. The molecule has 0 amide bonds. The first kappa shape index (κ1) is 8.31. The van der Waals surface area contributed by atoms with Crippen LogP contribution in [-0.2, 0) is 0 Å². The van der Waals surface area contributed by atoms with Gasteiger partial charge in [-0.1, -0.05) is 0 Å². The summed E-state index contributed by atoms with van der Waals surface area (Å²) in [6, 6.07) is 4.56. The van der Waals surface area contributed by atoms with E-state index < -0.39 is 0 Å². The van der Waals surface area contributed by atoms with E-state index in [0.717, 1.165) is 0 Å². The zero-order valence-electron chi connectivity index (χ0n) is 7.01. The summed E-state index contributed by atoms with van der Waals surface area (Å²) in [4.78, 5) is 0.224. The molecule has 0 bridgehead atoms. The molecule has 0 fully saturated rings. The highest BCUT2D eigenvalue weighted by atomic mass is 16.7. The molecule has 1 heterocycles. The number of ether oxygens (including phenoxy) is 2. The van der Waals surface area contributed by atoms with Crippen molar-refractivity contribution in [3.05, 3.63) is 23.4 Å². The van der Waals surface area contributed by atoms with Crippen LogP contribution < -0.4 is 9.47 Å². The summed E-state index contributed by atoms with van der Waals surface area (Å²) in [7, 11) is 0. The van der Waals surface area contributed by atoms with E-state index in [-0.39, 0.29) is 17.3 Å². The summed E-state index contributed by atoms with van der Waals surface area (Å²) in [6.45, 7) is 0.146. The molecule has 0 atom stereocenters. The van der Waals surface area contributed by atoms with Gasteiger partial charge in [-0.05, 0) is 10.9 Å². The number of hydrogen-bond donors (Lipinski definition) is 0. The van der Waals surface area contributed by atoms with Crippen LogP contribution in [0.2, 0.25) is 0 Å². The number of nitriles is 1. The number of nitrogens with zero attached hydrogens (tertiary/aromatic N) is 3. The third-order valence-electron chi connectivity index (χ3n) is 1.71. The van der Waals surface area contributed by atoms with E-state index in [2.05, 4.69) is 5.11 Å². The summed E-state index contributed by atoms with van der Waals surface area (Å²) in [5.74, 6) is 1.07. The molecule has 0 N–H and O–H groups in total. The van der Waals surface area contributed by atoms with Gasteiger partial charge in [0.1, 0.15) is 0 Å². The molecular weight excluding hydrogens is 186 g/mol. The Labute approximate surface area is 79.2 Å². The van der Waals surface area contributed by atoms with Gasteiger partial charge in [-0.3, -0.25) is 0 Å². The van der Waals surface area contributed by atoms with Gasteiger partial charge in [-0.2, -0.15) is 5.26 Å². The maximum Gasteiger partial charge on any atom is 0.274 e. The van der Waals surface area contributed by atoms with E-state index >= 15 is 0 Å². The smallest absolute Gasteiger partial charge is 0.274 e. The number of azo groups is 1. The summed E-state index contributed by atoms with van der Waals surface area (Å²) in [5, 5.41) is 22.3. The Bertz CT molecular complexity index is 436. The fourth-order valence-corrected chi connectivity index (χ4v) is 1.10. The Balaban J connectivity index is 2.39. The van der Waals surface area contributed by atoms with E-state index in [1.165, 1.54) is 18.3 Å². The molecule has 70 valence electrons. The first-order valence-corrected chi connectivity index (χ1v) is 3.78. The van der Waals surface area contributed by atoms with Crippen molar-refractivity contribution in [1.82, 2.24) is 0 Å². The molecule has 1 aromatic rings. The lowest BCUT2D eigenvalue weighted by atomic mass is 10.3. The topological polar surface area (TPSA) is 80.7 Å². The first-order valence-electron chi connectivity index (χ1n) is 3.78. The predicted octanol–water partition coefficient (Wildman–Crippen LogP) is 1.49. The lowest BCUT2D eigenvalue weighted by molar-refractivity contribution is -0.435. The number of fused-ring (bicyclic) bond motifs is 1. The van der Waals surface area contributed by atoms with Crippen molar-refractivity contribution < 1.29 is 14.3 Å². The fourth-order valence-electron chi connectivity index (χ4n) is 1.10. The maximum absolute atomic E-state index is 11.1. The third kappa shape index (κ3) is 1.31. The Kier molecular flexibility index (Phi) is 1.91. The first-order chi connectivity index (χ1) is 6.81. The molecule has 2 rings (SSSR count). The number of hydrogen-bond acceptors (Lipinski definition) is 5. The van der Waals surface area contributed by atoms with Crippen molar-refractivity contribution in [2.24, 2.45) is 5.11 Å². The van der Waals surface area contributed by atoms with Crippen molar-refractivity contribution in [3.8, 4) is 17.7 Å². The molecule has 6 heteroatoms. The summed E-state index contributed by atoms with van der Waals surface area (Å²) in [6.07, 6.45) is 1.40. The molecule has 0 aromatic heterocycles. The zero-order valence-corrected chi connectivity index (χ0v) is 7.01. The fraction of sp³-hybridized carbons (Fsp3) is 0.125. The average Bonchev–Trinajstić information content (AvgIpc) is 2.64. The lowest BCUT2D eigenvalue weighted by Gasteiger charge is -1.98. The van der Waals surface area contributed by atoms with Crippen LogP contribution in [0.1, 0.15) is 0 Å². The van der Waals surface area contributed by atoms with E-state index in [1.54, 1.807) is 6.07 Å². The van der Waals surface area contributed by atoms with Gasteiger partial charge in [0.25, 0.3) is 6.19 Å². The molecule has 0 saturated carbocycles. The van der Waals surface area contributed by atoms with Crippen molar-refractivity contribution in [2.75, 3.05) is 6.79 Å². The van der Waals surface area contributed by atoms with Crippen LogP contribution in [0.3, 0.4) is 0 Å². The second kappa shape index (κ2) is 3.22. The molecule has 0 saturated heterocycles. The van der Waals surface area contributed by atoms with Crippen LogP contribution >= 0.6 is 0 Å². The Hall–Kier alpha value is -2.29. The van der Waals surface area contributed by atoms with Gasteiger partial charge in [0.15, 0.2) is 11.5 Å². The lowest BCUT2D eigenvalue weighted by Crippen LogP contribution is -1.93. The maximum atomic E-state index is 11.1. The van der Waals surface area contributed by atoms with E-state index in [4.69, 9.17) is 14.7 Å². The summed E-state index contributed by atoms with van der Waals surface area (Å²) < 4.78 is 10.1. The van der Waals surface area contributed by atoms with Crippen molar-refractivity contribution in [3.63, 3.8) is 0 Å². The van der Waals surface area contributed by atoms with E-state index in [9.17, 15) is 5.21 Å². The SMILES string of the molecule is N#CN=[N+]([O-])c1ccc2c(c1)OCO2. The molecule has 1 aliphatic rings. The molecule has 14 heavy (non-hydrogen) atoms. The molecule has 1 aliphatic heterocycles.